The number of halogens is 1. The maximum atomic E-state index is 13.3. The number of hydrogen-bond donors (Lipinski definition) is 1. The minimum atomic E-state index is -3.93. The number of rotatable bonds is 3. The number of ether oxygens (including phenoxy) is 1. The lowest BCUT2D eigenvalue weighted by atomic mass is 10.2. The Morgan fingerprint density at radius 2 is 2.20 bits per heavy atom. The molecular weight excluding hydrogens is 223 g/mol. The molecule has 0 radical (unpaired) electrons. The lowest BCUT2D eigenvalue weighted by Gasteiger charge is -2.23. The molecule has 0 bridgehead atoms. The molecule has 1 heterocycles. The predicted molar refractivity (Wildman–Crippen MR) is 52.5 cm³/mol. The summed E-state index contributed by atoms with van der Waals surface area (Å²) in [6.07, 6.45) is 2.59. The van der Waals surface area contributed by atoms with Crippen LogP contribution in [0, 0.1) is 0 Å². The topological polar surface area (TPSA) is 81.8 Å². The van der Waals surface area contributed by atoms with Crippen LogP contribution in [-0.4, -0.2) is 32.2 Å². The first-order chi connectivity index (χ1) is 6.98. The highest BCUT2D eigenvalue weighted by atomic mass is 32.2. The zero-order chi connectivity index (χ0) is 11.1. The average molecular weight is 234 g/mol. The molecule has 0 amide bonds. The van der Waals surface area contributed by atoms with Gasteiger partial charge in [-0.2, -0.15) is 0 Å². The van der Waals surface area contributed by atoms with Crippen molar-refractivity contribution in [2.75, 3.05) is 0 Å². The van der Waals surface area contributed by atoms with Crippen molar-refractivity contribution in [2.24, 2.45) is 10.1 Å². The number of nitrogens with zero attached hydrogens (tertiary/aromatic N) is 1. The van der Waals surface area contributed by atoms with Crippen LogP contribution in [-0.2, 0) is 14.8 Å². The SMILES string of the molecule is NS(=O)(=O)C1N=CC=C(F)C1OC1CC1. The van der Waals surface area contributed by atoms with Crippen molar-refractivity contribution < 1.29 is 17.5 Å². The van der Waals surface area contributed by atoms with E-state index in [-0.39, 0.29) is 6.10 Å². The van der Waals surface area contributed by atoms with Crippen LogP contribution in [0.1, 0.15) is 12.8 Å². The van der Waals surface area contributed by atoms with Crippen LogP contribution in [0.4, 0.5) is 4.39 Å². The Morgan fingerprint density at radius 3 is 2.73 bits per heavy atom. The molecule has 0 saturated heterocycles. The Morgan fingerprint density at radius 1 is 1.53 bits per heavy atom. The van der Waals surface area contributed by atoms with Gasteiger partial charge >= 0.3 is 0 Å². The summed E-state index contributed by atoms with van der Waals surface area (Å²) in [6.45, 7) is 0. The van der Waals surface area contributed by atoms with E-state index < -0.39 is 27.3 Å². The molecule has 0 aromatic carbocycles. The first-order valence-corrected chi connectivity index (χ1v) is 6.15. The van der Waals surface area contributed by atoms with Crippen molar-refractivity contribution in [2.45, 2.75) is 30.4 Å². The molecule has 2 unspecified atom stereocenters. The van der Waals surface area contributed by atoms with E-state index in [9.17, 15) is 12.8 Å². The zero-order valence-electron chi connectivity index (χ0n) is 7.84. The van der Waals surface area contributed by atoms with Crippen molar-refractivity contribution in [3.05, 3.63) is 11.9 Å². The standard InChI is InChI=1S/C8H11FN2O3S/c9-6-3-4-11-8(15(10,12)13)7(6)14-5-1-2-5/h3-5,7-8H,1-2H2,(H2,10,12,13). The molecule has 7 heteroatoms. The lowest BCUT2D eigenvalue weighted by molar-refractivity contribution is 0.0470. The molecule has 0 spiro atoms. The number of dihydropyridines is 1. The van der Waals surface area contributed by atoms with E-state index in [0.29, 0.717) is 0 Å². The third-order valence-corrected chi connectivity index (χ3v) is 3.24. The molecule has 0 aromatic rings. The van der Waals surface area contributed by atoms with Gasteiger partial charge in [0.15, 0.2) is 5.37 Å². The highest BCUT2D eigenvalue weighted by Crippen LogP contribution is 2.31. The molecule has 2 atom stereocenters. The monoisotopic (exact) mass is 234 g/mol. The molecule has 0 aromatic heterocycles. The van der Waals surface area contributed by atoms with Gasteiger partial charge in [-0.1, -0.05) is 0 Å². The van der Waals surface area contributed by atoms with Crippen molar-refractivity contribution in [1.29, 1.82) is 0 Å². The zero-order valence-corrected chi connectivity index (χ0v) is 8.65. The first kappa shape index (κ1) is 10.7. The number of hydrogen-bond acceptors (Lipinski definition) is 4. The van der Waals surface area contributed by atoms with Gasteiger partial charge in [-0.3, -0.25) is 4.99 Å². The van der Waals surface area contributed by atoms with Gasteiger partial charge in [-0.05, 0) is 18.9 Å². The Balaban J connectivity index is 2.20. The second-order valence-electron chi connectivity index (χ2n) is 3.59. The fraction of sp³-hybridized carbons (Fsp3) is 0.625. The van der Waals surface area contributed by atoms with Crippen LogP contribution in [0.25, 0.3) is 0 Å². The summed E-state index contributed by atoms with van der Waals surface area (Å²) < 4.78 is 40.8. The van der Waals surface area contributed by atoms with Gasteiger partial charge in [0.25, 0.3) is 0 Å². The molecule has 1 aliphatic carbocycles. The van der Waals surface area contributed by atoms with E-state index in [1.165, 1.54) is 0 Å². The van der Waals surface area contributed by atoms with Crippen molar-refractivity contribution in [3.63, 3.8) is 0 Å². The van der Waals surface area contributed by atoms with Crippen LogP contribution < -0.4 is 5.14 Å². The Bertz CT molecular complexity index is 414. The third-order valence-electron chi connectivity index (χ3n) is 2.20. The number of aliphatic imine (C=N–C) groups is 1. The van der Waals surface area contributed by atoms with E-state index in [0.717, 1.165) is 25.1 Å². The van der Waals surface area contributed by atoms with Gasteiger partial charge in [0.2, 0.25) is 10.0 Å². The fourth-order valence-electron chi connectivity index (χ4n) is 1.31. The minimum absolute atomic E-state index is 0.0632. The Kier molecular flexibility index (Phi) is 2.61. The molecule has 1 aliphatic heterocycles. The molecule has 2 N–H and O–H groups in total. The van der Waals surface area contributed by atoms with Crippen LogP contribution in [0.5, 0.6) is 0 Å². The Labute approximate surface area is 86.9 Å². The summed E-state index contributed by atoms with van der Waals surface area (Å²) in [5.74, 6) is -0.643. The highest BCUT2D eigenvalue weighted by Gasteiger charge is 2.39. The third kappa shape index (κ3) is 2.42. The quantitative estimate of drug-likeness (QED) is 0.751. The molecule has 1 fully saturated rings. The molecule has 84 valence electrons. The average Bonchev–Trinajstić information content (AvgIpc) is 2.90. The summed E-state index contributed by atoms with van der Waals surface area (Å²) in [5.41, 5.74) is 0. The number of allylic oxidation sites excluding steroid dienone is 1. The lowest BCUT2D eigenvalue weighted by Crippen LogP contribution is -2.41. The summed E-state index contributed by atoms with van der Waals surface area (Å²) in [6, 6.07) is 0. The summed E-state index contributed by atoms with van der Waals surface area (Å²) in [7, 11) is -3.93. The van der Waals surface area contributed by atoms with E-state index in [2.05, 4.69) is 4.99 Å². The second kappa shape index (κ2) is 3.66. The smallest absolute Gasteiger partial charge is 0.235 e. The van der Waals surface area contributed by atoms with Crippen LogP contribution in [0.2, 0.25) is 0 Å². The molecule has 2 rings (SSSR count). The van der Waals surface area contributed by atoms with Crippen molar-refractivity contribution in [1.82, 2.24) is 0 Å². The van der Waals surface area contributed by atoms with E-state index in [1.54, 1.807) is 0 Å². The summed E-state index contributed by atoms with van der Waals surface area (Å²) in [4.78, 5) is 3.63. The van der Waals surface area contributed by atoms with E-state index in [1.807, 2.05) is 0 Å². The largest absolute Gasteiger partial charge is 0.364 e. The van der Waals surface area contributed by atoms with Gasteiger partial charge in [-0.25, -0.2) is 17.9 Å². The van der Waals surface area contributed by atoms with Gasteiger partial charge < -0.3 is 4.74 Å². The van der Waals surface area contributed by atoms with Gasteiger partial charge in [0.05, 0.1) is 6.10 Å². The normalized spacial score (nSPS) is 31.5. The predicted octanol–water partition coefficient (Wildman–Crippen LogP) is 0.0864. The number of sulfonamides is 1. The highest BCUT2D eigenvalue weighted by molar-refractivity contribution is 7.89. The van der Waals surface area contributed by atoms with Crippen molar-refractivity contribution in [3.8, 4) is 0 Å². The molecule has 2 aliphatic rings. The Hall–Kier alpha value is -0.790. The number of nitrogens with two attached hydrogens (primary N) is 1. The van der Waals surface area contributed by atoms with E-state index in [4.69, 9.17) is 9.88 Å². The van der Waals surface area contributed by atoms with Crippen LogP contribution in [0.15, 0.2) is 16.9 Å². The van der Waals surface area contributed by atoms with Crippen LogP contribution in [0.3, 0.4) is 0 Å². The summed E-state index contributed by atoms with van der Waals surface area (Å²) >= 11 is 0. The maximum Gasteiger partial charge on any atom is 0.235 e. The molecule has 1 saturated carbocycles. The van der Waals surface area contributed by atoms with Gasteiger partial charge in [0.1, 0.15) is 11.9 Å². The van der Waals surface area contributed by atoms with Crippen molar-refractivity contribution >= 4 is 16.2 Å². The van der Waals surface area contributed by atoms with Crippen LogP contribution >= 0.6 is 0 Å². The molecule has 5 nitrogen and oxygen atoms in total. The fourth-order valence-corrected chi connectivity index (χ4v) is 2.09. The first-order valence-electron chi connectivity index (χ1n) is 4.54. The maximum absolute atomic E-state index is 13.3. The second-order valence-corrected chi connectivity index (χ2v) is 5.25. The molecule has 15 heavy (non-hydrogen) atoms. The van der Waals surface area contributed by atoms with Gasteiger partial charge in [-0.15, -0.1) is 0 Å². The summed E-state index contributed by atoms with van der Waals surface area (Å²) in [5, 5.41) is 3.59. The minimum Gasteiger partial charge on any atom is -0.364 e. The molecular formula is C8H11FN2O3S. The van der Waals surface area contributed by atoms with E-state index >= 15 is 0 Å². The van der Waals surface area contributed by atoms with Gasteiger partial charge in [0, 0.05) is 6.21 Å². The number of primary sulfonamides is 1.